The summed E-state index contributed by atoms with van der Waals surface area (Å²) in [5.41, 5.74) is 4.56. The number of hydrogen-bond acceptors (Lipinski definition) is 2. The second-order valence-corrected chi connectivity index (χ2v) is 8.25. The molecule has 2 N–H and O–H groups in total. The molecule has 3 rings (SSSR count). The van der Waals surface area contributed by atoms with Crippen LogP contribution in [0.4, 0.5) is 0 Å². The van der Waals surface area contributed by atoms with E-state index in [2.05, 4.69) is 5.32 Å². The standard InChI is InChI=1S/C27H27ClN2O3/c1-4-5-6-7-24-18(2)16-25(30(24)17-20-8-14-23(28)15-9-20)26(31)29-19(3)21-10-12-22(13-11-21)27(32)33/h4-16,19H,17H2,1-3H3,(H,29,31)(H,32,33)/b5-4+,7-6-/t19-/m0/s1. The molecule has 1 heterocycles. The van der Waals surface area contributed by atoms with Crippen molar-refractivity contribution < 1.29 is 14.7 Å². The first-order valence-electron chi connectivity index (χ1n) is 10.7. The van der Waals surface area contributed by atoms with Crippen molar-refractivity contribution in [1.29, 1.82) is 0 Å². The minimum Gasteiger partial charge on any atom is -0.478 e. The lowest BCUT2D eigenvalue weighted by Gasteiger charge is -2.17. The van der Waals surface area contributed by atoms with Crippen LogP contribution in [0, 0.1) is 6.92 Å². The van der Waals surface area contributed by atoms with Crippen LogP contribution >= 0.6 is 11.6 Å². The highest BCUT2D eigenvalue weighted by Crippen LogP contribution is 2.22. The molecule has 0 aliphatic carbocycles. The van der Waals surface area contributed by atoms with Gasteiger partial charge in [0, 0.05) is 17.3 Å². The van der Waals surface area contributed by atoms with Crippen molar-refractivity contribution in [3.8, 4) is 0 Å². The van der Waals surface area contributed by atoms with Gasteiger partial charge in [0.1, 0.15) is 5.69 Å². The summed E-state index contributed by atoms with van der Waals surface area (Å²) >= 11 is 6.04. The summed E-state index contributed by atoms with van der Waals surface area (Å²) in [4.78, 5) is 24.4. The van der Waals surface area contributed by atoms with Gasteiger partial charge in [0.25, 0.3) is 5.91 Å². The van der Waals surface area contributed by atoms with Crippen molar-refractivity contribution in [1.82, 2.24) is 9.88 Å². The zero-order valence-corrected chi connectivity index (χ0v) is 19.6. The number of carbonyl (C=O) groups excluding carboxylic acids is 1. The monoisotopic (exact) mass is 462 g/mol. The van der Waals surface area contributed by atoms with Gasteiger partial charge in [-0.15, -0.1) is 0 Å². The Bertz CT molecular complexity index is 1190. The lowest BCUT2D eigenvalue weighted by molar-refractivity contribution is 0.0696. The maximum atomic E-state index is 13.3. The van der Waals surface area contributed by atoms with Gasteiger partial charge in [-0.25, -0.2) is 4.79 Å². The Kier molecular flexibility index (Phi) is 7.91. The van der Waals surface area contributed by atoms with Crippen molar-refractivity contribution in [3.63, 3.8) is 0 Å². The van der Waals surface area contributed by atoms with E-state index < -0.39 is 5.97 Å². The van der Waals surface area contributed by atoms with Crippen LogP contribution in [0.25, 0.3) is 6.08 Å². The fourth-order valence-electron chi connectivity index (χ4n) is 3.58. The van der Waals surface area contributed by atoms with Crippen LogP contribution in [0.1, 0.15) is 63.1 Å². The van der Waals surface area contributed by atoms with Gasteiger partial charge in [0.05, 0.1) is 11.6 Å². The second-order valence-electron chi connectivity index (χ2n) is 7.82. The fraction of sp³-hybridized carbons (Fsp3) is 0.185. The van der Waals surface area contributed by atoms with Gasteiger partial charge < -0.3 is 15.0 Å². The third-order valence-corrected chi connectivity index (χ3v) is 5.64. The number of amides is 1. The summed E-state index contributed by atoms with van der Waals surface area (Å²) in [5.74, 6) is -1.18. The van der Waals surface area contributed by atoms with Gasteiger partial charge in [-0.3, -0.25) is 4.79 Å². The summed E-state index contributed by atoms with van der Waals surface area (Å²) < 4.78 is 1.99. The number of nitrogens with zero attached hydrogens (tertiary/aromatic N) is 1. The number of hydrogen-bond donors (Lipinski definition) is 2. The van der Waals surface area contributed by atoms with Crippen LogP contribution in [0.5, 0.6) is 0 Å². The molecule has 0 saturated carbocycles. The van der Waals surface area contributed by atoms with Crippen LogP contribution in [0.2, 0.25) is 5.02 Å². The third-order valence-electron chi connectivity index (χ3n) is 5.39. The SMILES string of the molecule is C/C=C/C=C\c1c(C)cc(C(=O)N[C@@H](C)c2ccc(C(=O)O)cc2)n1Cc1ccc(Cl)cc1. The van der Waals surface area contributed by atoms with Crippen molar-refractivity contribution in [2.45, 2.75) is 33.4 Å². The van der Waals surface area contributed by atoms with Gasteiger partial charge in [0.2, 0.25) is 0 Å². The minimum atomic E-state index is -0.979. The summed E-state index contributed by atoms with van der Waals surface area (Å²) in [6.45, 7) is 6.33. The highest BCUT2D eigenvalue weighted by Gasteiger charge is 2.19. The summed E-state index contributed by atoms with van der Waals surface area (Å²) in [6, 6.07) is 15.7. The van der Waals surface area contributed by atoms with Crippen LogP contribution < -0.4 is 5.32 Å². The molecule has 1 amide bonds. The predicted octanol–water partition coefficient (Wildman–Crippen LogP) is 6.28. The molecule has 1 aromatic heterocycles. The van der Waals surface area contributed by atoms with E-state index in [1.807, 2.05) is 80.0 Å². The van der Waals surface area contributed by atoms with E-state index in [9.17, 15) is 9.59 Å². The quantitative estimate of drug-likeness (QED) is 0.387. The summed E-state index contributed by atoms with van der Waals surface area (Å²) in [6.07, 6.45) is 7.84. The molecule has 33 heavy (non-hydrogen) atoms. The van der Waals surface area contributed by atoms with Gasteiger partial charge in [-0.2, -0.15) is 0 Å². The highest BCUT2D eigenvalue weighted by molar-refractivity contribution is 6.30. The van der Waals surface area contributed by atoms with E-state index in [0.29, 0.717) is 17.3 Å². The van der Waals surface area contributed by atoms with E-state index in [1.165, 1.54) is 12.1 Å². The zero-order chi connectivity index (χ0) is 24.0. The molecule has 0 aliphatic rings. The van der Waals surface area contributed by atoms with Crippen molar-refractivity contribution >= 4 is 29.6 Å². The molecule has 0 fully saturated rings. The van der Waals surface area contributed by atoms with E-state index >= 15 is 0 Å². The number of carboxylic acids is 1. The van der Waals surface area contributed by atoms with E-state index in [-0.39, 0.29) is 17.5 Å². The number of nitrogens with one attached hydrogen (secondary N) is 1. The topological polar surface area (TPSA) is 71.3 Å². The number of aryl methyl sites for hydroxylation is 1. The molecule has 6 heteroatoms. The van der Waals surface area contributed by atoms with Crippen molar-refractivity contribution in [2.24, 2.45) is 0 Å². The van der Waals surface area contributed by atoms with Gasteiger partial charge in [-0.1, -0.05) is 54.1 Å². The summed E-state index contributed by atoms with van der Waals surface area (Å²) in [5, 5.41) is 12.8. The maximum absolute atomic E-state index is 13.3. The Morgan fingerprint density at radius 2 is 1.76 bits per heavy atom. The minimum absolute atomic E-state index is 0.201. The van der Waals surface area contributed by atoms with Crippen LogP contribution in [-0.4, -0.2) is 21.6 Å². The first-order chi connectivity index (χ1) is 15.8. The smallest absolute Gasteiger partial charge is 0.335 e. The van der Waals surface area contributed by atoms with Gasteiger partial charge in [-0.05, 0) is 73.9 Å². The van der Waals surface area contributed by atoms with Crippen molar-refractivity contribution in [3.05, 3.63) is 111 Å². The number of halogens is 1. The molecule has 2 aromatic carbocycles. The second kappa shape index (κ2) is 10.8. The molecule has 3 aromatic rings. The van der Waals surface area contributed by atoms with E-state index in [0.717, 1.165) is 22.4 Å². The Hall–Kier alpha value is -3.57. The maximum Gasteiger partial charge on any atom is 0.335 e. The molecule has 1 atom stereocenters. The third kappa shape index (κ3) is 6.02. The van der Waals surface area contributed by atoms with Crippen LogP contribution in [-0.2, 0) is 6.54 Å². The number of carboxylic acid groups (broad SMARTS) is 1. The average Bonchev–Trinajstić information content (AvgIpc) is 3.10. The highest BCUT2D eigenvalue weighted by atomic mass is 35.5. The Morgan fingerprint density at radius 3 is 2.36 bits per heavy atom. The molecular formula is C27H27ClN2O3. The Morgan fingerprint density at radius 1 is 1.09 bits per heavy atom. The molecule has 0 spiro atoms. The first kappa shape index (κ1) is 24.1. The molecule has 5 nitrogen and oxygen atoms in total. The average molecular weight is 463 g/mol. The lowest BCUT2D eigenvalue weighted by Crippen LogP contribution is -2.29. The Labute approximate surface area is 199 Å². The molecule has 0 bridgehead atoms. The number of carbonyl (C=O) groups is 2. The van der Waals surface area contributed by atoms with Crippen LogP contribution in [0.3, 0.4) is 0 Å². The fourth-order valence-corrected chi connectivity index (χ4v) is 3.70. The first-order valence-corrected chi connectivity index (χ1v) is 11.1. The largest absolute Gasteiger partial charge is 0.478 e. The molecular weight excluding hydrogens is 436 g/mol. The number of aromatic nitrogens is 1. The van der Waals surface area contributed by atoms with Gasteiger partial charge >= 0.3 is 5.97 Å². The van der Waals surface area contributed by atoms with E-state index in [4.69, 9.17) is 16.7 Å². The number of rotatable bonds is 8. The molecule has 0 radical (unpaired) electrons. The van der Waals surface area contributed by atoms with Gasteiger partial charge in [0.15, 0.2) is 0 Å². The molecule has 0 saturated heterocycles. The van der Waals surface area contributed by atoms with Crippen LogP contribution in [0.15, 0.2) is 72.8 Å². The zero-order valence-electron chi connectivity index (χ0n) is 18.9. The number of aromatic carboxylic acids is 1. The molecule has 0 aliphatic heterocycles. The predicted molar refractivity (Wildman–Crippen MR) is 133 cm³/mol. The molecule has 170 valence electrons. The van der Waals surface area contributed by atoms with E-state index in [1.54, 1.807) is 12.1 Å². The molecule has 0 unspecified atom stereocenters. The summed E-state index contributed by atoms with van der Waals surface area (Å²) in [7, 11) is 0. The number of benzene rings is 2. The number of allylic oxidation sites excluding steroid dienone is 3. The normalized spacial score (nSPS) is 12.4. The lowest BCUT2D eigenvalue weighted by atomic mass is 10.1. The Balaban J connectivity index is 1.91. The van der Waals surface area contributed by atoms with Crippen molar-refractivity contribution in [2.75, 3.05) is 0 Å².